The lowest BCUT2D eigenvalue weighted by Gasteiger charge is -2.20. The van der Waals surface area contributed by atoms with E-state index in [1.807, 2.05) is 24.3 Å². The van der Waals surface area contributed by atoms with Crippen LogP contribution in [0.3, 0.4) is 0 Å². The highest BCUT2D eigenvalue weighted by Crippen LogP contribution is 2.32. The number of carbonyl (C=O) groups is 2. The number of ether oxygens (including phenoxy) is 2. The third-order valence-corrected chi connectivity index (χ3v) is 5.13. The first-order valence-electron chi connectivity index (χ1n) is 10.3. The topological polar surface area (TPSA) is 52.6 Å². The summed E-state index contributed by atoms with van der Waals surface area (Å²) in [5.41, 5.74) is 6.44. The fourth-order valence-electron chi connectivity index (χ4n) is 3.38. The smallest absolute Gasteiger partial charge is 0.330 e. The van der Waals surface area contributed by atoms with Gasteiger partial charge in [-0.25, -0.2) is 9.59 Å². The summed E-state index contributed by atoms with van der Waals surface area (Å²) < 4.78 is 10.2. The van der Waals surface area contributed by atoms with Gasteiger partial charge in [0.2, 0.25) is 0 Å². The van der Waals surface area contributed by atoms with Gasteiger partial charge in [0.1, 0.15) is 13.2 Å². The van der Waals surface area contributed by atoms with Gasteiger partial charge in [0, 0.05) is 18.1 Å². The van der Waals surface area contributed by atoms with E-state index in [0.29, 0.717) is 0 Å². The second kappa shape index (κ2) is 10.9. The molecule has 0 fully saturated rings. The van der Waals surface area contributed by atoms with E-state index in [9.17, 15) is 9.59 Å². The van der Waals surface area contributed by atoms with Crippen molar-refractivity contribution in [3.8, 4) is 0 Å². The van der Waals surface area contributed by atoms with E-state index in [1.165, 1.54) is 11.1 Å². The van der Waals surface area contributed by atoms with Crippen molar-refractivity contribution in [1.29, 1.82) is 0 Å². The summed E-state index contributed by atoms with van der Waals surface area (Å²) in [4.78, 5) is 22.6. The van der Waals surface area contributed by atoms with Gasteiger partial charge < -0.3 is 9.47 Å². The molecular weight excluding hydrogens is 400 g/mol. The lowest BCUT2D eigenvalue weighted by atomic mass is 9.84. The Morgan fingerprint density at radius 2 is 1.03 bits per heavy atom. The molecule has 0 unspecified atom stereocenters. The Morgan fingerprint density at radius 1 is 0.688 bits per heavy atom. The number of hydrogen-bond acceptors (Lipinski definition) is 4. The summed E-state index contributed by atoms with van der Waals surface area (Å²) in [6.45, 7) is 9.30. The van der Waals surface area contributed by atoms with Gasteiger partial charge in [-0.15, -0.1) is 0 Å². The molecule has 0 saturated heterocycles. The van der Waals surface area contributed by atoms with Crippen LogP contribution in [0.25, 0.3) is 0 Å². The first-order chi connectivity index (χ1) is 15.5. The minimum Gasteiger partial charge on any atom is -0.458 e. The molecule has 4 heteroatoms. The van der Waals surface area contributed by atoms with E-state index in [4.69, 9.17) is 9.47 Å². The zero-order valence-electron chi connectivity index (χ0n) is 18.1. The van der Waals surface area contributed by atoms with Crippen LogP contribution in [-0.4, -0.2) is 11.9 Å². The molecule has 0 amide bonds. The Kier molecular flexibility index (Phi) is 7.76. The Balaban J connectivity index is 1.87. The largest absolute Gasteiger partial charge is 0.458 e. The lowest BCUT2D eigenvalue weighted by Crippen LogP contribution is -2.05. The van der Waals surface area contributed by atoms with Crippen molar-refractivity contribution in [3.05, 3.63) is 131 Å². The first-order valence-corrected chi connectivity index (χ1v) is 10.3. The number of rotatable bonds is 9. The monoisotopic (exact) mass is 426 g/mol. The number of esters is 2. The number of aryl methyl sites for hydroxylation is 1. The molecule has 0 aliphatic heterocycles. The van der Waals surface area contributed by atoms with Gasteiger partial charge in [-0.2, -0.15) is 0 Å². The summed E-state index contributed by atoms with van der Waals surface area (Å²) in [7, 11) is 0. The van der Waals surface area contributed by atoms with Gasteiger partial charge in [0.25, 0.3) is 0 Å². The van der Waals surface area contributed by atoms with Crippen molar-refractivity contribution in [2.45, 2.75) is 26.1 Å². The average molecular weight is 427 g/mol. The maximum Gasteiger partial charge on any atom is 0.330 e. The van der Waals surface area contributed by atoms with E-state index in [-0.39, 0.29) is 19.1 Å². The predicted molar refractivity (Wildman–Crippen MR) is 125 cm³/mol. The van der Waals surface area contributed by atoms with Crippen LogP contribution in [-0.2, 0) is 32.3 Å². The molecule has 0 aliphatic rings. The van der Waals surface area contributed by atoms with Gasteiger partial charge in [-0.1, -0.05) is 91.5 Å². The van der Waals surface area contributed by atoms with Crippen molar-refractivity contribution in [2.75, 3.05) is 0 Å². The van der Waals surface area contributed by atoms with Gasteiger partial charge in [-0.05, 0) is 34.7 Å². The van der Waals surface area contributed by atoms with Crippen molar-refractivity contribution >= 4 is 11.9 Å². The zero-order valence-corrected chi connectivity index (χ0v) is 18.1. The van der Waals surface area contributed by atoms with E-state index < -0.39 is 11.9 Å². The zero-order chi connectivity index (χ0) is 22.9. The van der Waals surface area contributed by atoms with Crippen LogP contribution < -0.4 is 0 Å². The van der Waals surface area contributed by atoms with E-state index >= 15 is 0 Å². The van der Waals surface area contributed by atoms with Crippen molar-refractivity contribution in [3.63, 3.8) is 0 Å². The fourth-order valence-corrected chi connectivity index (χ4v) is 3.38. The maximum atomic E-state index is 11.3. The molecule has 3 aromatic carbocycles. The average Bonchev–Trinajstić information content (AvgIpc) is 2.83. The molecule has 162 valence electrons. The molecule has 0 N–H and O–H groups in total. The maximum absolute atomic E-state index is 11.3. The number of carbonyl (C=O) groups excluding carboxylic acids is 2. The van der Waals surface area contributed by atoms with Gasteiger partial charge in [-0.3, -0.25) is 0 Å². The van der Waals surface area contributed by atoms with Crippen molar-refractivity contribution in [2.24, 2.45) is 0 Å². The summed E-state index contributed by atoms with van der Waals surface area (Å²) in [5, 5.41) is 0. The molecule has 3 aromatic rings. The molecule has 0 bridgehead atoms. The minimum absolute atomic E-state index is 0.0325. The Bertz CT molecular complexity index is 1010. The highest BCUT2D eigenvalue weighted by Gasteiger charge is 2.17. The fraction of sp³-hybridized carbons (Fsp3) is 0.143. The molecule has 0 aliphatic carbocycles. The molecule has 0 heterocycles. The van der Waals surface area contributed by atoms with E-state index in [1.54, 1.807) is 0 Å². The first kappa shape index (κ1) is 22.8. The summed E-state index contributed by atoms with van der Waals surface area (Å²) in [5.74, 6) is -0.846. The molecule has 32 heavy (non-hydrogen) atoms. The standard InChI is InChI=1S/C28H26O4/c1-4-26(29)31-18-21-8-14-24(15-9-21)28(23-12-6-20(3)7-13-23)25-16-10-22(11-17-25)19-32-27(30)5-2/h4-17,28H,1-2,18-19H2,3H3. The third-order valence-electron chi connectivity index (χ3n) is 5.13. The predicted octanol–water partition coefficient (Wildman–Crippen LogP) is 5.63. The van der Waals surface area contributed by atoms with Crippen LogP contribution in [0.15, 0.2) is 98.1 Å². The second-order valence-corrected chi connectivity index (χ2v) is 7.45. The molecule has 0 spiro atoms. The third kappa shape index (κ3) is 6.05. The van der Waals surface area contributed by atoms with Crippen LogP contribution in [0.5, 0.6) is 0 Å². The minimum atomic E-state index is -0.439. The van der Waals surface area contributed by atoms with Crippen LogP contribution >= 0.6 is 0 Å². The van der Waals surface area contributed by atoms with Crippen LogP contribution in [0, 0.1) is 6.92 Å². The quantitative estimate of drug-likeness (QED) is 0.253. The molecule has 0 aromatic heterocycles. The molecule has 0 radical (unpaired) electrons. The molecule has 0 atom stereocenters. The summed E-state index contributed by atoms with van der Waals surface area (Å²) >= 11 is 0. The summed E-state index contributed by atoms with van der Waals surface area (Å²) in [6, 6.07) is 24.6. The molecule has 0 saturated carbocycles. The second-order valence-electron chi connectivity index (χ2n) is 7.45. The van der Waals surface area contributed by atoms with Gasteiger partial charge in [0.15, 0.2) is 0 Å². The van der Waals surface area contributed by atoms with Crippen LogP contribution in [0.2, 0.25) is 0 Å². The van der Waals surface area contributed by atoms with Gasteiger partial charge in [0.05, 0.1) is 0 Å². The lowest BCUT2D eigenvalue weighted by molar-refractivity contribution is -0.139. The normalized spacial score (nSPS) is 10.4. The summed E-state index contributed by atoms with van der Waals surface area (Å²) in [6.07, 6.45) is 2.31. The van der Waals surface area contributed by atoms with Crippen LogP contribution in [0.1, 0.15) is 39.3 Å². The van der Waals surface area contributed by atoms with Crippen LogP contribution in [0.4, 0.5) is 0 Å². The van der Waals surface area contributed by atoms with Crippen molar-refractivity contribution < 1.29 is 19.1 Å². The van der Waals surface area contributed by atoms with E-state index in [2.05, 4.69) is 68.6 Å². The number of benzene rings is 3. The van der Waals surface area contributed by atoms with Gasteiger partial charge >= 0.3 is 11.9 Å². The molecule has 3 rings (SSSR count). The highest BCUT2D eigenvalue weighted by molar-refractivity contribution is 5.81. The highest BCUT2D eigenvalue weighted by atomic mass is 16.5. The molecule has 4 nitrogen and oxygen atoms in total. The van der Waals surface area contributed by atoms with Crippen molar-refractivity contribution in [1.82, 2.24) is 0 Å². The Morgan fingerprint density at radius 3 is 1.38 bits per heavy atom. The Labute approximate surface area is 188 Å². The SMILES string of the molecule is C=CC(=O)OCc1ccc(C(c2ccc(C)cc2)c2ccc(COC(=O)C=C)cc2)cc1. The Hall–Kier alpha value is -3.92. The number of hydrogen-bond donors (Lipinski definition) is 0. The molecular formula is C28H26O4. The van der Waals surface area contributed by atoms with E-state index in [0.717, 1.165) is 34.4 Å².